The van der Waals surface area contributed by atoms with E-state index in [4.69, 9.17) is 0 Å². The van der Waals surface area contributed by atoms with E-state index in [9.17, 15) is 14.8 Å². The van der Waals surface area contributed by atoms with Crippen molar-refractivity contribution in [2.24, 2.45) is 0 Å². The Bertz CT molecular complexity index is 451. The topological polar surface area (TPSA) is 57.6 Å². The van der Waals surface area contributed by atoms with E-state index in [0.29, 0.717) is 27.4 Å². The maximum atomic E-state index is 11.4. The Labute approximate surface area is 80.7 Å². The average molecular weight is 191 g/mol. The molecule has 0 fully saturated rings. The summed E-state index contributed by atoms with van der Waals surface area (Å²) in [6.45, 7) is 3.48. The summed E-state index contributed by atoms with van der Waals surface area (Å²) in [5.74, 6) is -1.51. The molecule has 0 unspecified atom stereocenters. The van der Waals surface area contributed by atoms with Crippen LogP contribution < -0.4 is 5.06 Å². The summed E-state index contributed by atoms with van der Waals surface area (Å²) < 4.78 is 0. The molecule has 1 aromatic carbocycles. The number of carbonyl (C=O) groups excluding carboxylic acids is 2. The van der Waals surface area contributed by atoms with E-state index >= 15 is 0 Å². The number of amides is 1. The molecule has 1 heterocycles. The van der Waals surface area contributed by atoms with E-state index in [-0.39, 0.29) is 0 Å². The number of fused-ring (bicyclic) bond motifs is 1. The number of rotatable bonds is 0. The third-order valence-corrected chi connectivity index (χ3v) is 2.41. The van der Waals surface area contributed by atoms with Crippen LogP contribution in [-0.2, 0) is 4.79 Å². The number of Topliss-reactive ketones (excluding diaryl/α,β-unsaturated/α-hetero) is 1. The molecule has 1 amide bonds. The van der Waals surface area contributed by atoms with Gasteiger partial charge in [0.1, 0.15) is 0 Å². The van der Waals surface area contributed by atoms with E-state index in [1.54, 1.807) is 26.0 Å². The predicted octanol–water partition coefficient (Wildman–Crippen LogP) is 1.22. The number of benzene rings is 1. The summed E-state index contributed by atoms with van der Waals surface area (Å²) in [5, 5.41) is 9.82. The van der Waals surface area contributed by atoms with Crippen LogP contribution in [0.4, 0.5) is 5.69 Å². The van der Waals surface area contributed by atoms with E-state index in [1.807, 2.05) is 0 Å². The maximum absolute atomic E-state index is 11.4. The Kier molecular flexibility index (Phi) is 1.69. The minimum absolute atomic E-state index is 0.317. The fourth-order valence-corrected chi connectivity index (χ4v) is 1.66. The largest absolute Gasteiger partial charge is 0.323 e. The monoisotopic (exact) mass is 191 g/mol. The van der Waals surface area contributed by atoms with Crippen molar-refractivity contribution in [1.29, 1.82) is 0 Å². The normalized spacial score (nSPS) is 14.9. The minimum atomic E-state index is -0.877. The molecule has 0 aliphatic carbocycles. The number of anilines is 1. The number of hydroxylamine groups is 1. The molecular weight excluding hydrogens is 182 g/mol. The molecule has 2 rings (SSSR count). The van der Waals surface area contributed by atoms with Gasteiger partial charge in [0.05, 0.1) is 11.3 Å². The predicted molar refractivity (Wildman–Crippen MR) is 49.5 cm³/mol. The quantitative estimate of drug-likeness (QED) is 0.495. The summed E-state index contributed by atoms with van der Waals surface area (Å²) >= 11 is 0. The number of carbonyl (C=O) groups is 2. The first-order chi connectivity index (χ1) is 6.54. The van der Waals surface area contributed by atoms with E-state index in [2.05, 4.69) is 0 Å². The van der Waals surface area contributed by atoms with Gasteiger partial charge in [-0.2, -0.15) is 5.06 Å². The highest BCUT2D eigenvalue weighted by Crippen LogP contribution is 2.33. The summed E-state index contributed by atoms with van der Waals surface area (Å²) in [7, 11) is 0. The molecule has 0 atom stereocenters. The molecule has 1 aliphatic rings. The molecular formula is C10H9NO3. The zero-order chi connectivity index (χ0) is 10.5. The molecule has 0 saturated heterocycles. The van der Waals surface area contributed by atoms with Crippen molar-refractivity contribution in [2.75, 3.05) is 5.06 Å². The first-order valence-corrected chi connectivity index (χ1v) is 4.22. The number of nitrogens with zero attached hydrogens (tertiary/aromatic N) is 1. The second-order valence-electron chi connectivity index (χ2n) is 3.37. The lowest BCUT2D eigenvalue weighted by Crippen LogP contribution is -2.25. The number of hydrogen-bond donors (Lipinski definition) is 1. The third kappa shape index (κ3) is 0.914. The van der Waals surface area contributed by atoms with Gasteiger partial charge >= 0.3 is 5.91 Å². The van der Waals surface area contributed by atoms with Crippen molar-refractivity contribution in [3.05, 3.63) is 28.8 Å². The lowest BCUT2D eigenvalue weighted by molar-refractivity contribution is -0.118. The average Bonchev–Trinajstić information content (AvgIpc) is 2.38. The van der Waals surface area contributed by atoms with Crippen molar-refractivity contribution in [3.63, 3.8) is 0 Å². The van der Waals surface area contributed by atoms with E-state index in [1.165, 1.54) is 0 Å². The highest BCUT2D eigenvalue weighted by Gasteiger charge is 2.37. The number of hydrogen-bond acceptors (Lipinski definition) is 3. The molecule has 0 spiro atoms. The van der Waals surface area contributed by atoms with Gasteiger partial charge in [0, 0.05) is 0 Å². The van der Waals surface area contributed by atoms with Gasteiger partial charge < -0.3 is 0 Å². The Hall–Kier alpha value is -1.68. The Morgan fingerprint density at radius 3 is 2.29 bits per heavy atom. The minimum Gasteiger partial charge on any atom is -0.283 e. The second kappa shape index (κ2) is 2.65. The van der Waals surface area contributed by atoms with Gasteiger partial charge in [-0.05, 0) is 25.0 Å². The van der Waals surface area contributed by atoms with Crippen LogP contribution in [0.5, 0.6) is 0 Å². The standard InChI is InChI=1S/C10H9NO3/c1-5-3-4-6(2)8-7(5)9(12)10(13)11(8)14/h3-4,14H,1-2H3. The van der Waals surface area contributed by atoms with E-state index < -0.39 is 11.7 Å². The first kappa shape index (κ1) is 8.90. The van der Waals surface area contributed by atoms with Gasteiger partial charge in [-0.3, -0.25) is 14.8 Å². The van der Waals surface area contributed by atoms with Crippen molar-refractivity contribution < 1.29 is 14.8 Å². The molecule has 0 radical (unpaired) electrons. The van der Waals surface area contributed by atoms with Crippen LogP contribution in [-0.4, -0.2) is 16.9 Å². The van der Waals surface area contributed by atoms with Crippen LogP contribution in [0.2, 0.25) is 0 Å². The van der Waals surface area contributed by atoms with Gasteiger partial charge in [-0.1, -0.05) is 12.1 Å². The van der Waals surface area contributed by atoms with Gasteiger partial charge in [0.15, 0.2) is 0 Å². The lowest BCUT2D eigenvalue weighted by Gasteiger charge is -2.10. The maximum Gasteiger partial charge on any atom is 0.323 e. The van der Waals surface area contributed by atoms with Crippen LogP contribution in [0.15, 0.2) is 12.1 Å². The summed E-state index contributed by atoms with van der Waals surface area (Å²) in [6.07, 6.45) is 0. The molecule has 14 heavy (non-hydrogen) atoms. The first-order valence-electron chi connectivity index (χ1n) is 4.22. The molecule has 0 aromatic heterocycles. The van der Waals surface area contributed by atoms with Crippen LogP contribution in [0.1, 0.15) is 21.5 Å². The molecule has 0 bridgehead atoms. The third-order valence-electron chi connectivity index (χ3n) is 2.41. The molecule has 1 aliphatic heterocycles. The molecule has 1 N–H and O–H groups in total. The zero-order valence-electron chi connectivity index (χ0n) is 7.87. The molecule has 4 heteroatoms. The SMILES string of the molecule is Cc1ccc(C)c2c1C(=O)C(=O)N2O. The van der Waals surface area contributed by atoms with Gasteiger partial charge in [0.25, 0.3) is 5.78 Å². The van der Waals surface area contributed by atoms with Gasteiger partial charge in [-0.25, -0.2) is 0 Å². The van der Waals surface area contributed by atoms with Crippen LogP contribution in [0, 0.1) is 13.8 Å². The van der Waals surface area contributed by atoms with Crippen LogP contribution in [0.25, 0.3) is 0 Å². The fraction of sp³-hybridized carbons (Fsp3) is 0.200. The van der Waals surface area contributed by atoms with Crippen molar-refractivity contribution >= 4 is 17.4 Å². The van der Waals surface area contributed by atoms with Gasteiger partial charge in [-0.15, -0.1) is 0 Å². The number of aryl methyl sites for hydroxylation is 2. The smallest absolute Gasteiger partial charge is 0.283 e. The van der Waals surface area contributed by atoms with Crippen molar-refractivity contribution in [1.82, 2.24) is 0 Å². The van der Waals surface area contributed by atoms with Crippen molar-refractivity contribution in [2.45, 2.75) is 13.8 Å². The highest BCUT2D eigenvalue weighted by atomic mass is 16.5. The number of ketones is 1. The second-order valence-corrected chi connectivity index (χ2v) is 3.37. The Morgan fingerprint density at radius 2 is 1.71 bits per heavy atom. The fourth-order valence-electron chi connectivity index (χ4n) is 1.66. The van der Waals surface area contributed by atoms with Gasteiger partial charge in [0.2, 0.25) is 0 Å². The lowest BCUT2D eigenvalue weighted by atomic mass is 10.0. The summed E-state index contributed by atoms with van der Waals surface area (Å²) in [5.41, 5.74) is 2.06. The van der Waals surface area contributed by atoms with Crippen molar-refractivity contribution in [3.8, 4) is 0 Å². The van der Waals surface area contributed by atoms with Crippen LogP contribution in [0.3, 0.4) is 0 Å². The van der Waals surface area contributed by atoms with Crippen LogP contribution >= 0.6 is 0 Å². The van der Waals surface area contributed by atoms with E-state index in [0.717, 1.165) is 0 Å². The zero-order valence-corrected chi connectivity index (χ0v) is 7.87. The molecule has 1 aromatic rings. The Morgan fingerprint density at radius 1 is 1.14 bits per heavy atom. The molecule has 0 saturated carbocycles. The Balaban J connectivity index is 2.80. The highest BCUT2D eigenvalue weighted by molar-refractivity contribution is 6.52. The molecule has 4 nitrogen and oxygen atoms in total. The molecule has 72 valence electrons. The summed E-state index contributed by atoms with van der Waals surface area (Å²) in [6, 6.07) is 3.53. The summed E-state index contributed by atoms with van der Waals surface area (Å²) in [4.78, 5) is 22.6.